The first-order valence-corrected chi connectivity index (χ1v) is 10.3. The fourth-order valence-electron chi connectivity index (χ4n) is 2.85. The van der Waals surface area contributed by atoms with E-state index in [0.717, 1.165) is 32.3 Å². The molecule has 0 saturated carbocycles. The predicted molar refractivity (Wildman–Crippen MR) is 114 cm³/mol. The van der Waals surface area contributed by atoms with Gasteiger partial charge in [0.2, 0.25) is 5.91 Å². The SMILES string of the molecule is CC(SC1=Nc2ccccc2CS1)C(=O)Nc1cccc2ccccc12. The number of aliphatic imine (C=N–C) groups is 1. The van der Waals surface area contributed by atoms with Gasteiger partial charge in [0.25, 0.3) is 0 Å². The minimum Gasteiger partial charge on any atom is -0.325 e. The minimum absolute atomic E-state index is 0.00601. The number of rotatable bonds is 3. The topological polar surface area (TPSA) is 41.5 Å². The lowest BCUT2D eigenvalue weighted by Crippen LogP contribution is -2.23. The van der Waals surface area contributed by atoms with E-state index in [0.29, 0.717) is 0 Å². The second-order valence-electron chi connectivity index (χ2n) is 6.07. The summed E-state index contributed by atoms with van der Waals surface area (Å²) in [6.07, 6.45) is 0. The van der Waals surface area contributed by atoms with Crippen LogP contribution in [0, 0.1) is 0 Å². The summed E-state index contributed by atoms with van der Waals surface area (Å²) in [7, 11) is 0. The third-order valence-corrected chi connectivity index (χ3v) is 6.55. The van der Waals surface area contributed by atoms with E-state index in [9.17, 15) is 4.79 Å². The zero-order valence-corrected chi connectivity index (χ0v) is 15.9. The van der Waals surface area contributed by atoms with Crippen LogP contribution in [0.5, 0.6) is 0 Å². The van der Waals surface area contributed by atoms with Gasteiger partial charge in [-0.3, -0.25) is 4.79 Å². The minimum atomic E-state index is -0.217. The van der Waals surface area contributed by atoms with Gasteiger partial charge in [-0.25, -0.2) is 4.99 Å². The van der Waals surface area contributed by atoms with E-state index >= 15 is 0 Å². The van der Waals surface area contributed by atoms with E-state index in [1.807, 2.05) is 67.6 Å². The molecule has 0 aliphatic carbocycles. The highest BCUT2D eigenvalue weighted by molar-refractivity contribution is 8.39. The van der Waals surface area contributed by atoms with Gasteiger partial charge in [0.15, 0.2) is 0 Å². The van der Waals surface area contributed by atoms with Crippen LogP contribution in [0.25, 0.3) is 10.8 Å². The molecule has 0 spiro atoms. The second-order valence-corrected chi connectivity index (χ2v) is 8.62. The summed E-state index contributed by atoms with van der Waals surface area (Å²) < 4.78 is 0.948. The van der Waals surface area contributed by atoms with Crippen molar-refractivity contribution >= 4 is 56.0 Å². The van der Waals surface area contributed by atoms with Crippen LogP contribution in [-0.2, 0) is 10.5 Å². The van der Waals surface area contributed by atoms with Crippen molar-refractivity contribution in [2.24, 2.45) is 4.99 Å². The molecule has 1 aliphatic heterocycles. The molecule has 1 aliphatic rings. The Balaban J connectivity index is 1.48. The van der Waals surface area contributed by atoms with Crippen molar-refractivity contribution in [1.82, 2.24) is 0 Å². The maximum atomic E-state index is 12.7. The molecule has 5 heteroatoms. The molecule has 3 aromatic carbocycles. The Morgan fingerprint density at radius 1 is 1.08 bits per heavy atom. The summed E-state index contributed by atoms with van der Waals surface area (Å²) in [6.45, 7) is 1.93. The summed E-state index contributed by atoms with van der Waals surface area (Å²) >= 11 is 3.21. The van der Waals surface area contributed by atoms with Gasteiger partial charge in [-0.2, -0.15) is 0 Å². The summed E-state index contributed by atoms with van der Waals surface area (Å²) in [5, 5.41) is 5.03. The Bertz CT molecular complexity index is 995. The van der Waals surface area contributed by atoms with Crippen molar-refractivity contribution in [2.75, 3.05) is 5.32 Å². The fourth-order valence-corrected chi connectivity index (χ4v) is 5.03. The van der Waals surface area contributed by atoms with Gasteiger partial charge in [-0.15, -0.1) is 0 Å². The largest absolute Gasteiger partial charge is 0.325 e. The lowest BCUT2D eigenvalue weighted by Gasteiger charge is -2.17. The highest BCUT2D eigenvalue weighted by atomic mass is 32.2. The third-order valence-electron chi connectivity index (χ3n) is 4.25. The average molecular weight is 379 g/mol. The Labute approximate surface area is 161 Å². The first kappa shape index (κ1) is 17.2. The molecular weight excluding hydrogens is 360 g/mol. The van der Waals surface area contributed by atoms with Crippen LogP contribution >= 0.6 is 23.5 Å². The fraction of sp³-hybridized carbons (Fsp3) is 0.143. The molecule has 130 valence electrons. The molecule has 0 bridgehead atoms. The van der Waals surface area contributed by atoms with Gasteiger partial charge in [0.05, 0.1) is 10.9 Å². The van der Waals surface area contributed by atoms with E-state index in [2.05, 4.69) is 16.4 Å². The predicted octanol–water partition coefficient (Wildman–Crippen LogP) is 5.83. The smallest absolute Gasteiger partial charge is 0.237 e. The van der Waals surface area contributed by atoms with Crippen LogP contribution in [-0.4, -0.2) is 15.5 Å². The second kappa shape index (κ2) is 7.56. The van der Waals surface area contributed by atoms with Crippen LogP contribution in [0.15, 0.2) is 71.7 Å². The van der Waals surface area contributed by atoms with Crippen molar-refractivity contribution in [3.8, 4) is 0 Å². The van der Waals surface area contributed by atoms with E-state index in [-0.39, 0.29) is 11.2 Å². The summed E-state index contributed by atoms with van der Waals surface area (Å²) in [5.74, 6) is 0.896. The van der Waals surface area contributed by atoms with Gasteiger partial charge >= 0.3 is 0 Å². The molecule has 3 nitrogen and oxygen atoms in total. The standard InChI is InChI=1S/C21H18N2OS2/c1-14(26-21-23-18-11-5-3-8-16(18)13-25-21)20(24)22-19-12-6-9-15-7-2-4-10-17(15)19/h2-12,14H,13H2,1H3,(H,22,24). The number of carbonyl (C=O) groups excluding carboxylic acids is 1. The Hall–Kier alpha value is -2.24. The highest BCUT2D eigenvalue weighted by Crippen LogP contribution is 2.36. The van der Waals surface area contributed by atoms with E-state index in [1.165, 1.54) is 17.3 Å². The van der Waals surface area contributed by atoms with Crippen molar-refractivity contribution < 1.29 is 4.79 Å². The van der Waals surface area contributed by atoms with Crippen LogP contribution in [0.1, 0.15) is 12.5 Å². The first-order valence-electron chi connectivity index (χ1n) is 8.45. The number of hydrogen-bond acceptors (Lipinski definition) is 4. The third kappa shape index (κ3) is 3.64. The van der Waals surface area contributed by atoms with Gasteiger partial charge in [-0.05, 0) is 30.0 Å². The maximum absolute atomic E-state index is 12.7. The molecule has 0 aromatic heterocycles. The van der Waals surface area contributed by atoms with Crippen molar-refractivity contribution in [3.63, 3.8) is 0 Å². The molecule has 1 N–H and O–H groups in total. The van der Waals surface area contributed by atoms with E-state index in [1.54, 1.807) is 11.8 Å². The lowest BCUT2D eigenvalue weighted by atomic mass is 10.1. The number of nitrogens with one attached hydrogen (secondary N) is 1. The molecule has 1 atom stereocenters. The number of fused-ring (bicyclic) bond motifs is 2. The summed E-state index contributed by atoms with van der Waals surface area (Å²) in [4.78, 5) is 17.4. The molecule has 0 radical (unpaired) electrons. The highest BCUT2D eigenvalue weighted by Gasteiger charge is 2.20. The normalized spacial score (nSPS) is 14.4. The Morgan fingerprint density at radius 3 is 2.77 bits per heavy atom. The molecule has 3 aromatic rings. The maximum Gasteiger partial charge on any atom is 0.237 e. The van der Waals surface area contributed by atoms with Crippen LogP contribution in [0.2, 0.25) is 0 Å². The number of carbonyl (C=O) groups is 1. The van der Waals surface area contributed by atoms with Gasteiger partial charge in [-0.1, -0.05) is 78.1 Å². The Kier molecular flexibility index (Phi) is 5.00. The molecule has 1 heterocycles. The number of benzene rings is 3. The summed E-state index contributed by atoms with van der Waals surface area (Å²) in [6, 6.07) is 22.2. The van der Waals surface area contributed by atoms with Crippen LogP contribution < -0.4 is 5.32 Å². The first-order chi connectivity index (χ1) is 12.7. The quantitative estimate of drug-likeness (QED) is 0.623. The van der Waals surface area contributed by atoms with Gasteiger partial charge < -0.3 is 5.32 Å². The average Bonchev–Trinajstić information content (AvgIpc) is 2.68. The van der Waals surface area contributed by atoms with Crippen LogP contribution in [0.4, 0.5) is 11.4 Å². The number of para-hydroxylation sites is 1. The molecular formula is C21H18N2OS2. The van der Waals surface area contributed by atoms with Crippen molar-refractivity contribution in [3.05, 3.63) is 72.3 Å². The number of anilines is 1. The lowest BCUT2D eigenvalue weighted by molar-refractivity contribution is -0.115. The molecule has 0 fully saturated rings. The zero-order valence-electron chi connectivity index (χ0n) is 14.3. The monoisotopic (exact) mass is 378 g/mol. The number of nitrogens with zero attached hydrogens (tertiary/aromatic N) is 1. The molecule has 26 heavy (non-hydrogen) atoms. The van der Waals surface area contributed by atoms with Gasteiger partial charge in [0, 0.05) is 16.8 Å². The van der Waals surface area contributed by atoms with Crippen molar-refractivity contribution in [1.29, 1.82) is 0 Å². The Morgan fingerprint density at radius 2 is 1.85 bits per heavy atom. The van der Waals surface area contributed by atoms with E-state index < -0.39 is 0 Å². The molecule has 0 saturated heterocycles. The molecule has 1 amide bonds. The number of hydrogen-bond donors (Lipinski definition) is 1. The number of amides is 1. The molecule has 1 unspecified atom stereocenters. The summed E-state index contributed by atoms with van der Waals surface area (Å²) in [5.41, 5.74) is 3.11. The zero-order chi connectivity index (χ0) is 17.9. The van der Waals surface area contributed by atoms with Gasteiger partial charge in [0.1, 0.15) is 4.38 Å². The molecule has 4 rings (SSSR count). The van der Waals surface area contributed by atoms with E-state index in [4.69, 9.17) is 0 Å². The van der Waals surface area contributed by atoms with Crippen LogP contribution in [0.3, 0.4) is 0 Å². The van der Waals surface area contributed by atoms with Crippen molar-refractivity contribution in [2.45, 2.75) is 17.9 Å². The number of thioether (sulfide) groups is 2.